The zero-order valence-corrected chi connectivity index (χ0v) is 12.6. The minimum Gasteiger partial charge on any atom is -0.387 e. The third kappa shape index (κ3) is 3.07. The van der Waals surface area contributed by atoms with E-state index in [1.165, 1.54) is 44.3 Å². The molecule has 110 valence electrons. The molecule has 0 amide bonds. The highest BCUT2D eigenvalue weighted by molar-refractivity contribution is 5.24. The van der Waals surface area contributed by atoms with Crippen molar-refractivity contribution in [3.05, 3.63) is 35.4 Å². The predicted molar refractivity (Wildman–Crippen MR) is 82.7 cm³/mol. The molecule has 1 aliphatic heterocycles. The standard InChI is InChI=1S/C18H27NO/c1-2-4-14-7-9-15(10-8-14)18(20)13-19-11-16-5-3-6-17(16)12-19/h7-10,16-18,20H,2-6,11-13H2,1H3. The molecule has 1 saturated carbocycles. The predicted octanol–water partition coefficient (Wildman–Crippen LogP) is 3.40. The summed E-state index contributed by atoms with van der Waals surface area (Å²) >= 11 is 0. The molecule has 3 unspecified atom stereocenters. The van der Waals surface area contributed by atoms with Crippen LogP contribution in [0, 0.1) is 11.8 Å². The molecule has 0 bridgehead atoms. The van der Waals surface area contributed by atoms with Crippen molar-refractivity contribution in [2.45, 2.75) is 45.1 Å². The first kappa shape index (κ1) is 14.1. The molecule has 0 radical (unpaired) electrons. The van der Waals surface area contributed by atoms with E-state index in [9.17, 15) is 5.11 Å². The van der Waals surface area contributed by atoms with E-state index in [4.69, 9.17) is 0 Å². The van der Waals surface area contributed by atoms with Gasteiger partial charge in [-0.3, -0.25) is 4.90 Å². The Morgan fingerprint density at radius 3 is 2.40 bits per heavy atom. The quantitative estimate of drug-likeness (QED) is 0.888. The SMILES string of the molecule is CCCc1ccc(C(O)CN2CC3CCCC3C2)cc1. The smallest absolute Gasteiger partial charge is 0.0916 e. The summed E-state index contributed by atoms with van der Waals surface area (Å²) in [5, 5.41) is 10.4. The Hall–Kier alpha value is -0.860. The number of hydrogen-bond donors (Lipinski definition) is 1. The number of aryl methyl sites for hydroxylation is 1. The van der Waals surface area contributed by atoms with Gasteiger partial charge in [-0.1, -0.05) is 44.0 Å². The molecule has 2 fully saturated rings. The molecular formula is C18H27NO. The lowest BCUT2D eigenvalue weighted by molar-refractivity contribution is 0.122. The fourth-order valence-corrected chi connectivity index (χ4v) is 4.03. The third-order valence-electron chi connectivity index (χ3n) is 5.14. The molecule has 0 aromatic heterocycles. The molecule has 1 aromatic rings. The van der Waals surface area contributed by atoms with Crippen LogP contribution in [0.3, 0.4) is 0 Å². The highest BCUT2D eigenvalue weighted by atomic mass is 16.3. The van der Waals surface area contributed by atoms with Crippen LogP contribution in [0.25, 0.3) is 0 Å². The van der Waals surface area contributed by atoms with Crippen molar-refractivity contribution in [1.82, 2.24) is 4.90 Å². The number of β-amino-alcohol motifs (C(OH)–C–C–N with tert-alkyl or cyclic N) is 1. The van der Waals surface area contributed by atoms with Gasteiger partial charge in [-0.05, 0) is 42.2 Å². The average molecular weight is 273 g/mol. The first-order valence-corrected chi connectivity index (χ1v) is 8.25. The molecule has 2 nitrogen and oxygen atoms in total. The second kappa shape index (κ2) is 6.28. The number of rotatable bonds is 5. The number of benzene rings is 1. The lowest BCUT2D eigenvalue weighted by Crippen LogP contribution is -2.27. The number of nitrogens with zero attached hydrogens (tertiary/aromatic N) is 1. The minimum atomic E-state index is -0.329. The topological polar surface area (TPSA) is 23.5 Å². The van der Waals surface area contributed by atoms with Gasteiger partial charge in [0.2, 0.25) is 0 Å². The molecule has 1 saturated heterocycles. The van der Waals surface area contributed by atoms with Gasteiger partial charge in [0.15, 0.2) is 0 Å². The summed E-state index contributed by atoms with van der Waals surface area (Å²) in [6.07, 6.45) is 6.21. The maximum atomic E-state index is 10.4. The van der Waals surface area contributed by atoms with Gasteiger partial charge in [0.25, 0.3) is 0 Å². The van der Waals surface area contributed by atoms with E-state index in [1.54, 1.807) is 0 Å². The third-order valence-corrected chi connectivity index (χ3v) is 5.14. The molecule has 3 atom stereocenters. The summed E-state index contributed by atoms with van der Waals surface area (Å²) in [7, 11) is 0. The molecule has 3 rings (SSSR count). The summed E-state index contributed by atoms with van der Waals surface area (Å²) in [5.41, 5.74) is 2.45. The van der Waals surface area contributed by atoms with Gasteiger partial charge in [0.05, 0.1) is 6.10 Å². The van der Waals surface area contributed by atoms with Crippen LogP contribution in [-0.4, -0.2) is 29.6 Å². The van der Waals surface area contributed by atoms with Gasteiger partial charge in [-0.2, -0.15) is 0 Å². The van der Waals surface area contributed by atoms with E-state index >= 15 is 0 Å². The highest BCUT2D eigenvalue weighted by Gasteiger charge is 2.36. The van der Waals surface area contributed by atoms with Gasteiger partial charge in [-0.15, -0.1) is 0 Å². The summed E-state index contributed by atoms with van der Waals surface area (Å²) in [6, 6.07) is 8.54. The van der Waals surface area contributed by atoms with E-state index in [0.29, 0.717) is 0 Å². The number of likely N-dealkylation sites (tertiary alicyclic amines) is 1. The second-order valence-electron chi connectivity index (χ2n) is 6.68. The minimum absolute atomic E-state index is 0.329. The molecule has 20 heavy (non-hydrogen) atoms. The second-order valence-corrected chi connectivity index (χ2v) is 6.68. The van der Waals surface area contributed by atoms with Gasteiger partial charge < -0.3 is 5.11 Å². The van der Waals surface area contributed by atoms with E-state index in [2.05, 4.69) is 36.1 Å². The Bertz CT molecular complexity index is 416. The molecular weight excluding hydrogens is 246 g/mol. The number of hydrogen-bond acceptors (Lipinski definition) is 2. The summed E-state index contributed by atoms with van der Waals surface area (Å²) in [4.78, 5) is 2.47. The van der Waals surface area contributed by atoms with Crippen LogP contribution in [0.2, 0.25) is 0 Å². The zero-order valence-electron chi connectivity index (χ0n) is 12.6. The number of aliphatic hydroxyl groups is 1. The fraction of sp³-hybridized carbons (Fsp3) is 0.667. The summed E-state index contributed by atoms with van der Waals surface area (Å²) in [6.45, 7) is 5.42. The fourth-order valence-electron chi connectivity index (χ4n) is 4.03. The van der Waals surface area contributed by atoms with E-state index in [1.807, 2.05) is 0 Å². The number of fused-ring (bicyclic) bond motifs is 1. The normalized spacial score (nSPS) is 27.7. The maximum absolute atomic E-state index is 10.4. The van der Waals surface area contributed by atoms with Crippen LogP contribution in [0.1, 0.15) is 49.8 Å². The van der Waals surface area contributed by atoms with Crippen LogP contribution in [0.15, 0.2) is 24.3 Å². The van der Waals surface area contributed by atoms with Crippen LogP contribution in [0.4, 0.5) is 0 Å². The Labute approximate surface area is 122 Å². The van der Waals surface area contributed by atoms with Crippen LogP contribution in [0.5, 0.6) is 0 Å². The maximum Gasteiger partial charge on any atom is 0.0916 e. The Morgan fingerprint density at radius 1 is 1.15 bits per heavy atom. The molecule has 1 aromatic carbocycles. The van der Waals surface area contributed by atoms with Crippen LogP contribution >= 0.6 is 0 Å². The van der Waals surface area contributed by atoms with Crippen LogP contribution < -0.4 is 0 Å². The average Bonchev–Trinajstić information content (AvgIpc) is 3.01. The van der Waals surface area contributed by atoms with Crippen molar-refractivity contribution in [3.63, 3.8) is 0 Å². The Kier molecular flexibility index (Phi) is 4.42. The lowest BCUT2D eigenvalue weighted by Gasteiger charge is -2.21. The number of aliphatic hydroxyl groups excluding tert-OH is 1. The van der Waals surface area contributed by atoms with Gasteiger partial charge in [0.1, 0.15) is 0 Å². The first-order valence-electron chi connectivity index (χ1n) is 8.25. The molecule has 1 N–H and O–H groups in total. The van der Waals surface area contributed by atoms with Gasteiger partial charge >= 0.3 is 0 Å². The Morgan fingerprint density at radius 2 is 1.80 bits per heavy atom. The van der Waals surface area contributed by atoms with Crippen molar-refractivity contribution in [2.24, 2.45) is 11.8 Å². The molecule has 2 aliphatic rings. The van der Waals surface area contributed by atoms with Gasteiger partial charge in [0, 0.05) is 19.6 Å². The van der Waals surface area contributed by atoms with E-state index in [0.717, 1.165) is 30.4 Å². The van der Waals surface area contributed by atoms with Crippen LogP contribution in [-0.2, 0) is 6.42 Å². The van der Waals surface area contributed by atoms with E-state index in [-0.39, 0.29) is 6.10 Å². The first-order chi connectivity index (χ1) is 9.76. The van der Waals surface area contributed by atoms with Gasteiger partial charge in [-0.25, -0.2) is 0 Å². The molecule has 1 aliphatic carbocycles. The van der Waals surface area contributed by atoms with Crippen molar-refractivity contribution in [3.8, 4) is 0 Å². The lowest BCUT2D eigenvalue weighted by atomic mass is 10.0. The molecule has 2 heteroatoms. The van der Waals surface area contributed by atoms with Crippen molar-refractivity contribution in [1.29, 1.82) is 0 Å². The van der Waals surface area contributed by atoms with Crippen molar-refractivity contribution in [2.75, 3.05) is 19.6 Å². The Balaban J connectivity index is 1.55. The monoisotopic (exact) mass is 273 g/mol. The summed E-state index contributed by atoms with van der Waals surface area (Å²) < 4.78 is 0. The van der Waals surface area contributed by atoms with Crippen molar-refractivity contribution < 1.29 is 5.11 Å². The summed E-state index contributed by atoms with van der Waals surface area (Å²) in [5.74, 6) is 1.82. The molecule has 1 heterocycles. The largest absolute Gasteiger partial charge is 0.387 e. The van der Waals surface area contributed by atoms with E-state index < -0.39 is 0 Å². The highest BCUT2D eigenvalue weighted by Crippen LogP contribution is 2.38. The molecule has 0 spiro atoms. The zero-order chi connectivity index (χ0) is 13.9. The van der Waals surface area contributed by atoms with Crippen molar-refractivity contribution >= 4 is 0 Å².